The Morgan fingerprint density at radius 3 is 2.24 bits per heavy atom. The average Bonchev–Trinajstić information content (AvgIpc) is 2.59. The van der Waals surface area contributed by atoms with Gasteiger partial charge in [-0.05, 0) is 11.1 Å². The topological polar surface area (TPSA) is 43.8 Å². The van der Waals surface area contributed by atoms with E-state index in [0.717, 1.165) is 19.6 Å². The summed E-state index contributed by atoms with van der Waals surface area (Å²) in [6, 6.07) is 20.9. The molecule has 1 N–H and O–H groups in total. The van der Waals surface area contributed by atoms with Crippen LogP contribution in [0.3, 0.4) is 0 Å². The summed E-state index contributed by atoms with van der Waals surface area (Å²) in [4.78, 5) is 16.1. The van der Waals surface area contributed by atoms with E-state index in [-0.39, 0.29) is 30.0 Å². The Bertz CT molecular complexity index is 741. The van der Waals surface area contributed by atoms with Gasteiger partial charge in [-0.25, -0.2) is 0 Å². The molecule has 25 heavy (non-hydrogen) atoms. The first-order chi connectivity index (χ1) is 12.2. The Kier molecular flexibility index (Phi) is 4.10. The van der Waals surface area contributed by atoms with Crippen molar-refractivity contribution in [3.63, 3.8) is 0 Å². The highest BCUT2D eigenvalue weighted by molar-refractivity contribution is 5.75. The van der Waals surface area contributed by atoms with Crippen LogP contribution in [0.1, 0.15) is 24.0 Å². The standard InChI is InChI=1S/C21H24N2O2/c1-16(25)22-14-21(15-22)20(18-10-6-3-7-11-18)19(13-24)23(21)12-17-8-4-2-5-9-17/h2-11,19-20,24H,12-15H2,1H3/t19-,20-/m1/s1. The number of carbonyl (C=O) groups is 1. The van der Waals surface area contributed by atoms with Crippen molar-refractivity contribution in [1.29, 1.82) is 0 Å². The Morgan fingerprint density at radius 2 is 1.68 bits per heavy atom. The molecule has 4 nitrogen and oxygen atoms in total. The molecule has 0 saturated carbocycles. The van der Waals surface area contributed by atoms with Gasteiger partial charge in [0.25, 0.3) is 0 Å². The van der Waals surface area contributed by atoms with E-state index in [1.165, 1.54) is 11.1 Å². The van der Waals surface area contributed by atoms with E-state index >= 15 is 0 Å². The minimum Gasteiger partial charge on any atom is -0.395 e. The number of hydrogen-bond donors (Lipinski definition) is 1. The second-order valence-electron chi connectivity index (χ2n) is 7.23. The molecule has 2 aliphatic rings. The van der Waals surface area contributed by atoms with Gasteiger partial charge in [-0.1, -0.05) is 60.7 Å². The molecule has 2 saturated heterocycles. The maximum atomic E-state index is 11.8. The SMILES string of the molecule is CC(=O)N1CC2(C1)[C@H](c1ccccc1)[C@@H](CO)N2Cc1ccccc1. The summed E-state index contributed by atoms with van der Waals surface area (Å²) in [5.74, 6) is 0.391. The smallest absolute Gasteiger partial charge is 0.219 e. The van der Waals surface area contributed by atoms with Crippen molar-refractivity contribution < 1.29 is 9.90 Å². The van der Waals surface area contributed by atoms with Crippen LogP contribution in [0.5, 0.6) is 0 Å². The molecule has 2 aromatic carbocycles. The average molecular weight is 336 g/mol. The molecular formula is C21H24N2O2. The zero-order chi connectivity index (χ0) is 17.4. The Morgan fingerprint density at radius 1 is 1.08 bits per heavy atom. The minimum absolute atomic E-state index is 0.0593. The zero-order valence-corrected chi connectivity index (χ0v) is 14.5. The third kappa shape index (κ3) is 2.57. The van der Waals surface area contributed by atoms with E-state index in [1.807, 2.05) is 29.2 Å². The van der Waals surface area contributed by atoms with Crippen molar-refractivity contribution in [2.45, 2.75) is 31.0 Å². The molecule has 0 radical (unpaired) electrons. The summed E-state index contributed by atoms with van der Waals surface area (Å²) < 4.78 is 0. The third-order valence-corrected chi connectivity index (χ3v) is 5.85. The van der Waals surface area contributed by atoms with Gasteiger partial charge in [0.2, 0.25) is 5.91 Å². The highest BCUT2D eigenvalue weighted by Gasteiger charge is 2.65. The summed E-state index contributed by atoms with van der Waals surface area (Å²) in [6.07, 6.45) is 0. The number of aliphatic hydroxyl groups excluding tert-OH is 1. The van der Waals surface area contributed by atoms with Gasteiger partial charge in [0, 0.05) is 38.5 Å². The molecule has 4 rings (SSSR count). The molecule has 0 aromatic heterocycles. The molecule has 0 aliphatic carbocycles. The second kappa shape index (κ2) is 6.28. The predicted molar refractivity (Wildman–Crippen MR) is 97.0 cm³/mol. The molecule has 0 unspecified atom stereocenters. The first-order valence-corrected chi connectivity index (χ1v) is 8.88. The van der Waals surface area contributed by atoms with Gasteiger partial charge in [-0.15, -0.1) is 0 Å². The molecule has 1 amide bonds. The highest BCUT2D eigenvalue weighted by atomic mass is 16.3. The van der Waals surface area contributed by atoms with E-state index in [4.69, 9.17) is 0 Å². The summed E-state index contributed by atoms with van der Waals surface area (Å²) in [6.45, 7) is 4.06. The lowest BCUT2D eigenvalue weighted by molar-refractivity contribution is -0.199. The van der Waals surface area contributed by atoms with Crippen molar-refractivity contribution >= 4 is 5.91 Å². The van der Waals surface area contributed by atoms with Crippen LogP contribution >= 0.6 is 0 Å². The molecule has 1 spiro atoms. The molecule has 2 heterocycles. The summed E-state index contributed by atoms with van der Waals surface area (Å²) >= 11 is 0. The quantitative estimate of drug-likeness (QED) is 0.931. The molecule has 4 heteroatoms. The molecule has 2 fully saturated rings. The van der Waals surface area contributed by atoms with E-state index in [9.17, 15) is 9.90 Å². The number of nitrogens with zero attached hydrogens (tertiary/aromatic N) is 2. The van der Waals surface area contributed by atoms with Gasteiger partial charge in [0.1, 0.15) is 0 Å². The Balaban J connectivity index is 1.65. The maximum Gasteiger partial charge on any atom is 0.219 e. The van der Waals surface area contributed by atoms with Crippen LogP contribution in [0.2, 0.25) is 0 Å². The van der Waals surface area contributed by atoms with Crippen molar-refractivity contribution in [3.8, 4) is 0 Å². The van der Waals surface area contributed by atoms with Crippen LogP contribution in [0.15, 0.2) is 60.7 Å². The summed E-state index contributed by atoms with van der Waals surface area (Å²) in [7, 11) is 0. The van der Waals surface area contributed by atoms with Crippen LogP contribution in [0.4, 0.5) is 0 Å². The van der Waals surface area contributed by atoms with E-state index in [2.05, 4.69) is 41.3 Å². The number of rotatable bonds is 4. The number of amides is 1. The Hall–Kier alpha value is -2.17. The fraction of sp³-hybridized carbons (Fsp3) is 0.381. The molecule has 130 valence electrons. The summed E-state index contributed by atoms with van der Waals surface area (Å²) in [5, 5.41) is 10.1. The van der Waals surface area contributed by atoms with Gasteiger partial charge in [-0.3, -0.25) is 9.69 Å². The second-order valence-corrected chi connectivity index (χ2v) is 7.23. The van der Waals surface area contributed by atoms with Gasteiger partial charge in [0.05, 0.1) is 12.1 Å². The number of hydrogen-bond acceptors (Lipinski definition) is 3. The number of carbonyl (C=O) groups excluding carboxylic acids is 1. The van der Waals surface area contributed by atoms with Crippen LogP contribution in [0.25, 0.3) is 0 Å². The van der Waals surface area contributed by atoms with Gasteiger partial charge in [0.15, 0.2) is 0 Å². The number of likely N-dealkylation sites (tertiary alicyclic amines) is 2. The van der Waals surface area contributed by atoms with Crippen LogP contribution in [-0.2, 0) is 11.3 Å². The number of benzene rings is 2. The van der Waals surface area contributed by atoms with Crippen molar-refractivity contribution in [3.05, 3.63) is 71.8 Å². The van der Waals surface area contributed by atoms with Gasteiger partial charge in [-0.2, -0.15) is 0 Å². The third-order valence-electron chi connectivity index (χ3n) is 5.85. The summed E-state index contributed by atoms with van der Waals surface area (Å²) in [5.41, 5.74) is 2.44. The van der Waals surface area contributed by atoms with Crippen LogP contribution < -0.4 is 0 Å². The van der Waals surface area contributed by atoms with Crippen molar-refractivity contribution in [2.75, 3.05) is 19.7 Å². The minimum atomic E-state index is -0.0593. The highest BCUT2D eigenvalue weighted by Crippen LogP contribution is 2.54. The lowest BCUT2D eigenvalue weighted by Gasteiger charge is -2.70. The fourth-order valence-corrected chi connectivity index (χ4v) is 4.63. The first-order valence-electron chi connectivity index (χ1n) is 8.88. The van der Waals surface area contributed by atoms with Crippen molar-refractivity contribution in [1.82, 2.24) is 9.80 Å². The van der Waals surface area contributed by atoms with Crippen LogP contribution in [-0.4, -0.2) is 52.1 Å². The fourth-order valence-electron chi connectivity index (χ4n) is 4.63. The molecule has 2 atom stereocenters. The normalized spacial score (nSPS) is 24.6. The van der Waals surface area contributed by atoms with E-state index in [1.54, 1.807) is 6.92 Å². The predicted octanol–water partition coefficient (Wildman–Crippen LogP) is 2.25. The molecule has 2 aliphatic heterocycles. The van der Waals surface area contributed by atoms with Gasteiger partial charge < -0.3 is 10.0 Å². The monoisotopic (exact) mass is 336 g/mol. The van der Waals surface area contributed by atoms with Crippen LogP contribution in [0, 0.1) is 0 Å². The zero-order valence-electron chi connectivity index (χ0n) is 14.5. The van der Waals surface area contributed by atoms with E-state index < -0.39 is 0 Å². The molecular weight excluding hydrogens is 312 g/mol. The largest absolute Gasteiger partial charge is 0.395 e. The van der Waals surface area contributed by atoms with Crippen molar-refractivity contribution in [2.24, 2.45) is 0 Å². The van der Waals surface area contributed by atoms with E-state index in [0.29, 0.717) is 0 Å². The lowest BCUT2D eigenvalue weighted by atomic mass is 9.60. The van der Waals surface area contributed by atoms with Gasteiger partial charge >= 0.3 is 0 Å². The Labute approximate surface area is 148 Å². The first kappa shape index (κ1) is 16.3. The maximum absolute atomic E-state index is 11.8. The lowest BCUT2D eigenvalue weighted by Crippen LogP contribution is -2.84. The molecule has 0 bridgehead atoms. The number of aliphatic hydroxyl groups is 1. The molecule has 2 aromatic rings.